The van der Waals surface area contributed by atoms with Crippen LogP contribution in [0, 0.1) is 5.92 Å². The van der Waals surface area contributed by atoms with Crippen LogP contribution >= 0.6 is 0 Å². The summed E-state index contributed by atoms with van der Waals surface area (Å²) in [4.78, 5) is 13.3. The Hall–Kier alpha value is -0.950. The average Bonchev–Trinajstić information content (AvgIpc) is 1.87. The van der Waals surface area contributed by atoms with Crippen molar-refractivity contribution in [3.05, 3.63) is 5.53 Å². The summed E-state index contributed by atoms with van der Waals surface area (Å²) in [5.41, 5.74) is 7.93. The van der Waals surface area contributed by atoms with E-state index in [9.17, 15) is 4.79 Å². The van der Waals surface area contributed by atoms with Crippen LogP contribution in [-0.4, -0.2) is 16.8 Å². The average molecular weight is 126 g/mol. The van der Waals surface area contributed by atoms with Gasteiger partial charge in [-0.3, -0.25) is 4.79 Å². The summed E-state index contributed by atoms with van der Waals surface area (Å²) in [6, 6.07) is 0. The summed E-state index contributed by atoms with van der Waals surface area (Å²) in [7, 11) is 0. The predicted molar refractivity (Wildman–Crippen MR) is 34.1 cm³/mol. The van der Waals surface area contributed by atoms with E-state index in [0.717, 1.165) is 12.6 Å². The first kappa shape index (κ1) is 8.05. The zero-order valence-electron chi connectivity index (χ0n) is 5.66. The molecule has 0 rings (SSSR count). The highest BCUT2D eigenvalue weighted by Crippen LogP contribution is 1.98. The third-order valence-corrected chi connectivity index (χ3v) is 1.28. The van der Waals surface area contributed by atoms with E-state index in [1.165, 1.54) is 0 Å². The fourth-order valence-electron chi connectivity index (χ4n) is 0.385. The third kappa shape index (κ3) is 2.77. The molecule has 0 aromatic heterocycles. The van der Waals surface area contributed by atoms with E-state index in [0.29, 0.717) is 0 Å². The fourth-order valence-corrected chi connectivity index (χ4v) is 0.385. The van der Waals surface area contributed by atoms with Crippen molar-refractivity contribution in [2.45, 2.75) is 20.3 Å². The third-order valence-electron chi connectivity index (χ3n) is 1.28. The first-order chi connectivity index (χ1) is 4.22. The molecule has 9 heavy (non-hydrogen) atoms. The van der Waals surface area contributed by atoms with Crippen LogP contribution in [0.5, 0.6) is 0 Å². The molecule has 0 bridgehead atoms. The van der Waals surface area contributed by atoms with Gasteiger partial charge in [-0.2, -0.15) is 4.79 Å². The minimum atomic E-state index is -0.125. The van der Waals surface area contributed by atoms with E-state index in [-0.39, 0.29) is 11.7 Å². The Kier molecular flexibility index (Phi) is 3.56. The number of nitrogens with zero attached hydrogens (tertiary/aromatic N) is 2. The van der Waals surface area contributed by atoms with Crippen molar-refractivity contribution in [3.8, 4) is 0 Å². The monoisotopic (exact) mass is 126 g/mol. The summed E-state index contributed by atoms with van der Waals surface area (Å²) in [6.45, 7) is 3.71. The number of hydrogen-bond acceptors (Lipinski definition) is 1. The number of carbonyl (C=O) groups is 1. The van der Waals surface area contributed by atoms with E-state index in [4.69, 9.17) is 5.53 Å². The lowest BCUT2D eigenvalue weighted by Crippen LogP contribution is -2.10. The molecule has 3 nitrogen and oxygen atoms in total. The van der Waals surface area contributed by atoms with Gasteiger partial charge in [0.15, 0.2) is 0 Å². The Morgan fingerprint density at radius 3 is 2.78 bits per heavy atom. The molecule has 0 aliphatic carbocycles. The predicted octanol–water partition coefficient (Wildman–Crippen LogP) is 0.902. The molecular weight excluding hydrogens is 116 g/mol. The van der Waals surface area contributed by atoms with Gasteiger partial charge in [-0.15, -0.1) is 0 Å². The van der Waals surface area contributed by atoms with Gasteiger partial charge in [0, 0.05) is 5.92 Å². The molecule has 0 aromatic rings. The van der Waals surface area contributed by atoms with Crippen molar-refractivity contribution < 1.29 is 9.58 Å². The number of hydrogen-bond donors (Lipinski definition) is 0. The maximum absolute atomic E-state index is 10.7. The van der Waals surface area contributed by atoms with Gasteiger partial charge in [0.25, 0.3) is 0 Å². The molecule has 0 heterocycles. The van der Waals surface area contributed by atoms with Crippen LogP contribution in [0.2, 0.25) is 0 Å². The van der Waals surface area contributed by atoms with Crippen LogP contribution in [0.15, 0.2) is 0 Å². The minimum Gasteiger partial charge on any atom is -0.361 e. The van der Waals surface area contributed by atoms with Gasteiger partial charge < -0.3 is 5.53 Å². The Morgan fingerprint density at radius 1 is 1.89 bits per heavy atom. The lowest BCUT2D eigenvalue weighted by Gasteiger charge is -1.95. The molecule has 0 aromatic carbocycles. The van der Waals surface area contributed by atoms with Gasteiger partial charge in [-0.05, 0) is 6.42 Å². The summed E-state index contributed by atoms with van der Waals surface area (Å²) in [5, 5.41) is 0. The number of carbonyl (C=O) groups excluding carboxylic acids is 1. The van der Waals surface area contributed by atoms with Crippen LogP contribution in [-0.2, 0) is 4.79 Å². The minimum absolute atomic E-state index is 0.0269. The van der Waals surface area contributed by atoms with Crippen molar-refractivity contribution in [1.29, 1.82) is 0 Å². The molecule has 0 saturated heterocycles. The highest BCUT2D eigenvalue weighted by molar-refractivity contribution is 6.26. The normalized spacial score (nSPS) is 11.8. The fraction of sp³-hybridized carbons (Fsp3) is 0.667. The summed E-state index contributed by atoms with van der Waals surface area (Å²) >= 11 is 0. The van der Waals surface area contributed by atoms with Gasteiger partial charge in [-0.25, -0.2) is 0 Å². The zero-order chi connectivity index (χ0) is 7.28. The smallest absolute Gasteiger partial charge is 0.323 e. The standard InChI is InChI=1S/C6H10N2O/c1-3-5(2)6(9)4-8-7/h4-5H,3H2,1-2H3. The van der Waals surface area contributed by atoms with Crippen LogP contribution in [0.25, 0.3) is 5.53 Å². The van der Waals surface area contributed by atoms with Crippen LogP contribution < -0.4 is 0 Å². The molecule has 0 radical (unpaired) electrons. The van der Waals surface area contributed by atoms with Gasteiger partial charge in [0.1, 0.15) is 0 Å². The van der Waals surface area contributed by atoms with Crippen molar-refractivity contribution in [3.63, 3.8) is 0 Å². The number of ketones is 1. The highest BCUT2D eigenvalue weighted by atomic mass is 16.1. The molecule has 3 heteroatoms. The SMILES string of the molecule is CCC(C)C(=O)C=[N+]=[N-]. The Balaban J connectivity index is 3.87. The molecule has 50 valence electrons. The van der Waals surface area contributed by atoms with Gasteiger partial charge >= 0.3 is 6.21 Å². The van der Waals surface area contributed by atoms with E-state index in [2.05, 4.69) is 4.79 Å². The molecule has 0 spiro atoms. The topological polar surface area (TPSA) is 53.5 Å². The second-order valence-electron chi connectivity index (χ2n) is 1.96. The van der Waals surface area contributed by atoms with Crippen LogP contribution in [0.3, 0.4) is 0 Å². The Labute approximate surface area is 54.3 Å². The molecule has 0 aliphatic rings. The van der Waals surface area contributed by atoms with Crippen molar-refractivity contribution in [2.24, 2.45) is 5.92 Å². The molecule has 0 saturated carbocycles. The van der Waals surface area contributed by atoms with Crippen molar-refractivity contribution in [1.82, 2.24) is 0 Å². The molecule has 1 unspecified atom stereocenters. The molecule has 0 N–H and O–H groups in total. The van der Waals surface area contributed by atoms with Gasteiger partial charge in [0.2, 0.25) is 5.78 Å². The molecule has 1 atom stereocenters. The maximum Gasteiger partial charge on any atom is 0.323 e. The first-order valence-corrected chi connectivity index (χ1v) is 2.93. The lowest BCUT2D eigenvalue weighted by molar-refractivity contribution is -0.119. The second kappa shape index (κ2) is 3.98. The van der Waals surface area contributed by atoms with Crippen LogP contribution in [0.1, 0.15) is 20.3 Å². The molecule has 0 aliphatic heterocycles. The molecular formula is C6H10N2O. The second-order valence-corrected chi connectivity index (χ2v) is 1.96. The molecule has 0 fully saturated rings. The maximum atomic E-state index is 10.7. The molecule has 0 amide bonds. The lowest BCUT2D eigenvalue weighted by atomic mass is 10.1. The van der Waals surface area contributed by atoms with E-state index >= 15 is 0 Å². The van der Waals surface area contributed by atoms with E-state index in [1.807, 2.05) is 6.92 Å². The van der Waals surface area contributed by atoms with Gasteiger partial charge in [-0.1, -0.05) is 13.8 Å². The first-order valence-electron chi connectivity index (χ1n) is 2.93. The zero-order valence-corrected chi connectivity index (χ0v) is 5.66. The van der Waals surface area contributed by atoms with Crippen molar-refractivity contribution in [2.75, 3.05) is 0 Å². The largest absolute Gasteiger partial charge is 0.361 e. The van der Waals surface area contributed by atoms with Crippen molar-refractivity contribution >= 4 is 12.0 Å². The van der Waals surface area contributed by atoms with E-state index < -0.39 is 0 Å². The van der Waals surface area contributed by atoms with E-state index in [1.54, 1.807) is 6.92 Å². The highest BCUT2D eigenvalue weighted by Gasteiger charge is 2.10. The number of Topliss-reactive ketones (excluding diaryl/α,β-unsaturated/α-hetero) is 1. The summed E-state index contributed by atoms with van der Waals surface area (Å²) in [5.74, 6) is -0.152. The van der Waals surface area contributed by atoms with Crippen LogP contribution in [0.4, 0.5) is 0 Å². The Bertz CT molecular complexity index is 147. The summed E-state index contributed by atoms with van der Waals surface area (Å²) < 4.78 is 0. The Morgan fingerprint density at radius 2 is 2.44 bits per heavy atom. The quantitative estimate of drug-likeness (QED) is 0.315. The summed E-state index contributed by atoms with van der Waals surface area (Å²) in [6.07, 6.45) is 1.72. The van der Waals surface area contributed by atoms with Gasteiger partial charge in [0.05, 0.1) is 0 Å². The number of rotatable bonds is 3.